The maximum absolute atomic E-state index is 4.24. The zero-order chi connectivity index (χ0) is 12.3. The monoisotopic (exact) mass is 235 g/mol. The molecule has 0 unspecified atom stereocenters. The highest BCUT2D eigenvalue weighted by molar-refractivity contribution is 4.99. The van der Waals surface area contributed by atoms with Crippen molar-refractivity contribution in [3.8, 4) is 0 Å². The summed E-state index contributed by atoms with van der Waals surface area (Å²) in [6.07, 6.45) is 9.55. The number of aromatic nitrogens is 2. The van der Waals surface area contributed by atoms with Crippen molar-refractivity contribution < 1.29 is 0 Å². The van der Waals surface area contributed by atoms with Gasteiger partial charge in [-0.2, -0.15) is 0 Å². The van der Waals surface area contributed by atoms with Gasteiger partial charge in [0.2, 0.25) is 0 Å². The number of hydrogen-bond donors (Lipinski definition) is 1. The summed E-state index contributed by atoms with van der Waals surface area (Å²) in [4.78, 5) is 4.24. The van der Waals surface area contributed by atoms with E-state index >= 15 is 0 Å². The van der Waals surface area contributed by atoms with Gasteiger partial charge in [0.15, 0.2) is 0 Å². The molecule has 1 atom stereocenters. The van der Waals surface area contributed by atoms with Gasteiger partial charge in [-0.25, -0.2) is 4.98 Å². The number of nitrogens with zero attached hydrogens (tertiary/aromatic N) is 2. The SMILES string of the molecule is CC(C)n1cncc1CN[C@H](C)C1CCCC1. The minimum absolute atomic E-state index is 0.496. The van der Waals surface area contributed by atoms with E-state index in [0.29, 0.717) is 12.1 Å². The fourth-order valence-corrected chi connectivity index (χ4v) is 2.82. The van der Waals surface area contributed by atoms with E-state index in [1.165, 1.54) is 31.4 Å². The first-order valence-electron chi connectivity index (χ1n) is 6.92. The molecule has 0 spiro atoms. The number of hydrogen-bond acceptors (Lipinski definition) is 2. The molecule has 0 saturated heterocycles. The smallest absolute Gasteiger partial charge is 0.0951 e. The lowest BCUT2D eigenvalue weighted by molar-refractivity contribution is 0.374. The van der Waals surface area contributed by atoms with E-state index in [0.717, 1.165) is 12.5 Å². The fourth-order valence-electron chi connectivity index (χ4n) is 2.82. The van der Waals surface area contributed by atoms with Crippen LogP contribution in [0.25, 0.3) is 0 Å². The molecule has 0 radical (unpaired) electrons. The van der Waals surface area contributed by atoms with Crippen molar-refractivity contribution in [2.24, 2.45) is 5.92 Å². The number of imidazole rings is 1. The minimum Gasteiger partial charge on any atom is -0.331 e. The molecule has 3 nitrogen and oxygen atoms in total. The third kappa shape index (κ3) is 3.09. The molecule has 3 heteroatoms. The van der Waals surface area contributed by atoms with E-state index in [1.54, 1.807) is 0 Å². The van der Waals surface area contributed by atoms with E-state index in [4.69, 9.17) is 0 Å². The molecule has 17 heavy (non-hydrogen) atoms. The van der Waals surface area contributed by atoms with Crippen LogP contribution >= 0.6 is 0 Å². The highest BCUT2D eigenvalue weighted by Crippen LogP contribution is 2.27. The molecule has 1 aromatic rings. The summed E-state index contributed by atoms with van der Waals surface area (Å²) in [6.45, 7) is 7.67. The van der Waals surface area contributed by atoms with Crippen LogP contribution in [0, 0.1) is 5.92 Å². The van der Waals surface area contributed by atoms with E-state index in [1.807, 2.05) is 12.5 Å². The zero-order valence-electron chi connectivity index (χ0n) is 11.3. The molecule has 1 aliphatic carbocycles. The minimum atomic E-state index is 0.496. The van der Waals surface area contributed by atoms with Crippen LogP contribution in [0.5, 0.6) is 0 Å². The second-order valence-electron chi connectivity index (χ2n) is 5.60. The Labute approximate surface area is 105 Å². The van der Waals surface area contributed by atoms with Crippen LogP contribution in [-0.2, 0) is 6.54 Å². The molecule has 1 aromatic heterocycles. The Balaban J connectivity index is 1.86. The molecule has 1 saturated carbocycles. The molecule has 1 heterocycles. The molecule has 0 amide bonds. The van der Waals surface area contributed by atoms with Crippen molar-refractivity contribution >= 4 is 0 Å². The second kappa shape index (κ2) is 5.67. The van der Waals surface area contributed by atoms with Gasteiger partial charge in [0, 0.05) is 24.8 Å². The van der Waals surface area contributed by atoms with E-state index in [9.17, 15) is 0 Å². The van der Waals surface area contributed by atoms with Crippen molar-refractivity contribution in [1.82, 2.24) is 14.9 Å². The number of rotatable bonds is 5. The molecule has 1 fully saturated rings. The first kappa shape index (κ1) is 12.6. The van der Waals surface area contributed by atoms with Gasteiger partial charge in [0.1, 0.15) is 0 Å². The average Bonchev–Trinajstić information content (AvgIpc) is 2.96. The molecule has 1 N–H and O–H groups in total. The Morgan fingerprint density at radius 2 is 2.06 bits per heavy atom. The predicted molar refractivity (Wildman–Crippen MR) is 70.9 cm³/mol. The largest absolute Gasteiger partial charge is 0.331 e. The maximum Gasteiger partial charge on any atom is 0.0951 e. The quantitative estimate of drug-likeness (QED) is 0.849. The van der Waals surface area contributed by atoms with Crippen LogP contribution in [0.1, 0.15) is 58.2 Å². The van der Waals surface area contributed by atoms with Crippen LogP contribution in [0.3, 0.4) is 0 Å². The number of nitrogens with one attached hydrogen (secondary N) is 1. The summed E-state index contributed by atoms with van der Waals surface area (Å²) in [5.41, 5.74) is 1.30. The molecule has 2 rings (SSSR count). The van der Waals surface area contributed by atoms with Crippen LogP contribution in [0.15, 0.2) is 12.5 Å². The second-order valence-corrected chi connectivity index (χ2v) is 5.60. The lowest BCUT2D eigenvalue weighted by Gasteiger charge is -2.21. The van der Waals surface area contributed by atoms with Gasteiger partial charge in [0.25, 0.3) is 0 Å². The predicted octanol–water partition coefficient (Wildman–Crippen LogP) is 3.13. The van der Waals surface area contributed by atoms with Crippen molar-refractivity contribution in [2.45, 2.75) is 65.1 Å². The van der Waals surface area contributed by atoms with Gasteiger partial charge in [-0.3, -0.25) is 0 Å². The van der Waals surface area contributed by atoms with Gasteiger partial charge in [0.05, 0.1) is 12.0 Å². The van der Waals surface area contributed by atoms with Crippen LogP contribution < -0.4 is 5.32 Å². The maximum atomic E-state index is 4.24. The Kier molecular flexibility index (Phi) is 4.21. The Hall–Kier alpha value is -0.830. The average molecular weight is 235 g/mol. The summed E-state index contributed by atoms with van der Waals surface area (Å²) in [5.74, 6) is 0.880. The summed E-state index contributed by atoms with van der Waals surface area (Å²) < 4.78 is 2.24. The Morgan fingerprint density at radius 1 is 1.35 bits per heavy atom. The fraction of sp³-hybridized carbons (Fsp3) is 0.786. The van der Waals surface area contributed by atoms with Gasteiger partial charge < -0.3 is 9.88 Å². The lowest BCUT2D eigenvalue weighted by Crippen LogP contribution is -2.32. The van der Waals surface area contributed by atoms with Gasteiger partial charge in [-0.15, -0.1) is 0 Å². The van der Waals surface area contributed by atoms with Crippen molar-refractivity contribution in [2.75, 3.05) is 0 Å². The van der Waals surface area contributed by atoms with Crippen molar-refractivity contribution in [3.63, 3.8) is 0 Å². The molecule has 96 valence electrons. The Morgan fingerprint density at radius 3 is 2.71 bits per heavy atom. The molecular weight excluding hydrogens is 210 g/mol. The van der Waals surface area contributed by atoms with Gasteiger partial charge >= 0.3 is 0 Å². The van der Waals surface area contributed by atoms with Gasteiger partial charge in [-0.1, -0.05) is 12.8 Å². The van der Waals surface area contributed by atoms with E-state index < -0.39 is 0 Å². The summed E-state index contributed by atoms with van der Waals surface area (Å²) >= 11 is 0. The lowest BCUT2D eigenvalue weighted by atomic mass is 10.00. The first-order valence-corrected chi connectivity index (χ1v) is 6.92. The van der Waals surface area contributed by atoms with Crippen LogP contribution in [0.2, 0.25) is 0 Å². The summed E-state index contributed by atoms with van der Waals surface area (Å²) in [5, 5.41) is 3.66. The molecule has 0 aromatic carbocycles. The highest BCUT2D eigenvalue weighted by atomic mass is 15.1. The van der Waals surface area contributed by atoms with Crippen molar-refractivity contribution in [3.05, 3.63) is 18.2 Å². The van der Waals surface area contributed by atoms with Crippen LogP contribution in [0.4, 0.5) is 0 Å². The normalized spacial score (nSPS) is 19.1. The third-order valence-electron chi connectivity index (χ3n) is 4.01. The van der Waals surface area contributed by atoms with Crippen LogP contribution in [-0.4, -0.2) is 15.6 Å². The first-order chi connectivity index (χ1) is 8.18. The molecule has 0 bridgehead atoms. The highest BCUT2D eigenvalue weighted by Gasteiger charge is 2.21. The third-order valence-corrected chi connectivity index (χ3v) is 4.01. The topological polar surface area (TPSA) is 29.9 Å². The van der Waals surface area contributed by atoms with Gasteiger partial charge in [-0.05, 0) is 39.5 Å². The summed E-state index contributed by atoms with van der Waals surface area (Å²) in [6, 6.07) is 1.13. The standard InChI is InChI=1S/C14H25N3/c1-11(2)17-10-15-8-14(17)9-16-12(3)13-6-4-5-7-13/h8,10-13,16H,4-7,9H2,1-3H3/t12-/m1/s1. The molecule has 0 aliphatic heterocycles. The molecule has 1 aliphatic rings. The Bertz CT molecular complexity index is 337. The summed E-state index contributed by atoms with van der Waals surface area (Å²) in [7, 11) is 0. The zero-order valence-corrected chi connectivity index (χ0v) is 11.3. The van der Waals surface area contributed by atoms with Crippen molar-refractivity contribution in [1.29, 1.82) is 0 Å². The molecular formula is C14H25N3. The van der Waals surface area contributed by atoms with E-state index in [2.05, 4.69) is 35.6 Å². The van der Waals surface area contributed by atoms with E-state index in [-0.39, 0.29) is 0 Å².